The van der Waals surface area contributed by atoms with Crippen LogP contribution in [-0.2, 0) is 11.3 Å². The monoisotopic (exact) mass is 609 g/mol. The van der Waals surface area contributed by atoms with Gasteiger partial charge in [-0.3, -0.25) is 9.78 Å². The molecular weight excluding hydrogens is 587 g/mol. The predicted octanol–water partition coefficient (Wildman–Crippen LogP) is 4.24. The molecule has 2 atom stereocenters. The topological polar surface area (TPSA) is 98.6 Å². The van der Waals surface area contributed by atoms with Crippen molar-refractivity contribution >= 4 is 34.6 Å². The summed E-state index contributed by atoms with van der Waals surface area (Å²) in [6, 6.07) is 9.19. The van der Waals surface area contributed by atoms with Crippen LogP contribution >= 0.6 is 22.6 Å². The molecule has 0 aliphatic carbocycles. The lowest BCUT2D eigenvalue weighted by atomic mass is 10.0. The van der Waals surface area contributed by atoms with Crippen LogP contribution in [0, 0.1) is 3.57 Å². The van der Waals surface area contributed by atoms with Crippen LogP contribution in [0.15, 0.2) is 48.9 Å². The van der Waals surface area contributed by atoms with Gasteiger partial charge >= 0.3 is 12.6 Å². The summed E-state index contributed by atoms with van der Waals surface area (Å²) < 4.78 is 39.2. The van der Waals surface area contributed by atoms with Crippen LogP contribution in [0.5, 0.6) is 5.75 Å². The molecule has 12 heteroatoms. The second-order valence-electron chi connectivity index (χ2n) is 8.55. The normalized spacial score (nSPS) is 19.2. The number of carbonyl (C=O) groups is 2. The molecule has 2 aliphatic heterocycles. The lowest BCUT2D eigenvalue weighted by Crippen LogP contribution is -2.44. The Morgan fingerprint density at radius 1 is 1.28 bits per heavy atom. The summed E-state index contributed by atoms with van der Waals surface area (Å²) in [6.45, 7) is -1.67. The van der Waals surface area contributed by atoms with Gasteiger partial charge in [-0.15, -0.1) is 0 Å². The fourth-order valence-electron chi connectivity index (χ4n) is 4.28. The SMILES string of the molecule is O=C(NCc1ccc(I)cc1)c1cc(O[C@H]2CCN3C(=O)OC[C@@H]3C2)c(-c2cnn(C(F)F)c2)cn1. The van der Waals surface area contributed by atoms with Crippen molar-refractivity contribution in [1.82, 2.24) is 25.0 Å². The van der Waals surface area contributed by atoms with E-state index in [1.807, 2.05) is 24.3 Å². The van der Waals surface area contributed by atoms with Gasteiger partial charge in [0.05, 0.1) is 12.2 Å². The standard InChI is InChI=1S/C24H22F2IN5O4/c25-23(26)32-12-15(10-30-32)19-11-28-20(22(33)29-9-14-1-3-16(27)4-2-14)8-21(19)36-18-5-6-31-17(7-18)13-35-24(31)34/h1-4,8,10-12,17-18,23H,5-7,9,13H2,(H,29,33)/t17-,18-/m0/s1. The Morgan fingerprint density at radius 2 is 2.08 bits per heavy atom. The summed E-state index contributed by atoms with van der Waals surface area (Å²) in [5, 5.41) is 6.54. The third kappa shape index (κ3) is 5.27. The molecule has 0 spiro atoms. The van der Waals surface area contributed by atoms with Gasteiger partial charge in [-0.2, -0.15) is 13.9 Å². The lowest BCUT2D eigenvalue weighted by molar-refractivity contribution is 0.0566. The minimum atomic E-state index is -2.79. The first-order valence-electron chi connectivity index (χ1n) is 11.3. The quantitative estimate of drug-likeness (QED) is 0.403. The number of fused-ring (bicyclic) bond motifs is 1. The molecular formula is C24H22F2IN5O4. The van der Waals surface area contributed by atoms with Crippen molar-refractivity contribution in [3.05, 3.63) is 63.7 Å². The molecule has 3 aromatic rings. The number of amides is 2. The highest BCUT2D eigenvalue weighted by atomic mass is 127. The van der Waals surface area contributed by atoms with E-state index in [-0.39, 0.29) is 23.9 Å². The number of carbonyl (C=O) groups excluding carboxylic acids is 2. The lowest BCUT2D eigenvalue weighted by Gasteiger charge is -2.32. The maximum Gasteiger partial charge on any atom is 0.410 e. The Hall–Kier alpha value is -3.29. The van der Waals surface area contributed by atoms with E-state index in [4.69, 9.17) is 9.47 Å². The Labute approximate surface area is 218 Å². The van der Waals surface area contributed by atoms with Crippen LogP contribution in [0.1, 0.15) is 35.4 Å². The molecule has 2 fully saturated rings. The molecule has 0 radical (unpaired) electrons. The van der Waals surface area contributed by atoms with Crippen molar-refractivity contribution in [3.8, 4) is 16.9 Å². The van der Waals surface area contributed by atoms with Crippen molar-refractivity contribution in [2.24, 2.45) is 0 Å². The second kappa shape index (κ2) is 10.4. The van der Waals surface area contributed by atoms with E-state index in [1.54, 1.807) is 4.90 Å². The van der Waals surface area contributed by atoms with Gasteiger partial charge in [-0.05, 0) is 40.3 Å². The van der Waals surface area contributed by atoms with Gasteiger partial charge in [-0.1, -0.05) is 12.1 Å². The molecule has 36 heavy (non-hydrogen) atoms. The zero-order chi connectivity index (χ0) is 25.2. The van der Waals surface area contributed by atoms with E-state index in [2.05, 4.69) is 38.0 Å². The van der Waals surface area contributed by atoms with Gasteiger partial charge in [-0.25, -0.2) is 9.48 Å². The number of hydrogen-bond acceptors (Lipinski definition) is 6. The van der Waals surface area contributed by atoms with Crippen LogP contribution < -0.4 is 10.1 Å². The number of ether oxygens (including phenoxy) is 2. The highest BCUT2D eigenvalue weighted by Gasteiger charge is 2.39. The first-order valence-corrected chi connectivity index (χ1v) is 12.4. The Balaban J connectivity index is 1.37. The Morgan fingerprint density at radius 3 is 2.83 bits per heavy atom. The first kappa shape index (κ1) is 24.4. The average molecular weight is 609 g/mol. The smallest absolute Gasteiger partial charge is 0.410 e. The number of pyridine rings is 1. The van der Waals surface area contributed by atoms with Crippen molar-refractivity contribution in [1.29, 1.82) is 0 Å². The molecule has 0 unspecified atom stereocenters. The highest BCUT2D eigenvalue weighted by molar-refractivity contribution is 14.1. The molecule has 9 nitrogen and oxygen atoms in total. The summed E-state index contributed by atoms with van der Waals surface area (Å²) in [4.78, 5) is 30.6. The molecule has 1 N–H and O–H groups in total. The van der Waals surface area contributed by atoms with Crippen molar-refractivity contribution < 1.29 is 27.8 Å². The number of nitrogens with one attached hydrogen (secondary N) is 1. The number of cyclic esters (lactones) is 1. The first-order chi connectivity index (χ1) is 17.4. The van der Waals surface area contributed by atoms with Crippen LogP contribution in [0.2, 0.25) is 0 Å². The number of aromatic nitrogens is 3. The third-order valence-electron chi connectivity index (χ3n) is 6.17. The zero-order valence-electron chi connectivity index (χ0n) is 18.9. The Bertz CT molecular complexity index is 1270. The highest BCUT2D eigenvalue weighted by Crippen LogP contribution is 2.34. The molecule has 2 saturated heterocycles. The van der Waals surface area contributed by atoms with E-state index in [0.717, 1.165) is 9.13 Å². The van der Waals surface area contributed by atoms with E-state index in [1.165, 1.54) is 24.7 Å². The maximum atomic E-state index is 13.1. The minimum absolute atomic E-state index is 0.0835. The van der Waals surface area contributed by atoms with Crippen LogP contribution in [0.4, 0.5) is 13.6 Å². The summed E-state index contributed by atoms with van der Waals surface area (Å²) in [5.74, 6) is -0.0558. The summed E-state index contributed by atoms with van der Waals surface area (Å²) in [6.07, 6.45) is 4.48. The number of nitrogens with zero attached hydrogens (tertiary/aromatic N) is 4. The molecule has 2 amide bonds. The molecule has 0 saturated carbocycles. The van der Waals surface area contributed by atoms with E-state index < -0.39 is 12.5 Å². The van der Waals surface area contributed by atoms with Gasteiger partial charge in [0.15, 0.2) is 0 Å². The molecule has 0 bridgehead atoms. The van der Waals surface area contributed by atoms with Gasteiger partial charge in [0.2, 0.25) is 0 Å². The summed E-state index contributed by atoms with van der Waals surface area (Å²) in [5.41, 5.74) is 1.91. The number of hydrogen-bond donors (Lipinski definition) is 1. The molecule has 4 heterocycles. The summed E-state index contributed by atoms with van der Waals surface area (Å²) >= 11 is 2.21. The van der Waals surface area contributed by atoms with Gasteiger partial charge in [0.25, 0.3) is 5.91 Å². The second-order valence-corrected chi connectivity index (χ2v) is 9.80. The van der Waals surface area contributed by atoms with E-state index in [0.29, 0.717) is 54.1 Å². The molecule has 188 valence electrons. The van der Waals surface area contributed by atoms with Gasteiger partial charge < -0.3 is 19.7 Å². The minimum Gasteiger partial charge on any atom is -0.489 e. The molecule has 2 aromatic heterocycles. The number of benzene rings is 1. The largest absolute Gasteiger partial charge is 0.489 e. The summed E-state index contributed by atoms with van der Waals surface area (Å²) in [7, 11) is 0. The van der Waals surface area contributed by atoms with Crippen LogP contribution in [-0.4, -0.2) is 57.0 Å². The number of rotatable bonds is 7. The van der Waals surface area contributed by atoms with Crippen molar-refractivity contribution in [2.75, 3.05) is 13.2 Å². The van der Waals surface area contributed by atoms with Crippen LogP contribution in [0.25, 0.3) is 11.1 Å². The number of halogens is 3. The predicted molar refractivity (Wildman–Crippen MR) is 133 cm³/mol. The average Bonchev–Trinajstić information content (AvgIpc) is 3.51. The van der Waals surface area contributed by atoms with Gasteiger partial charge in [0, 0.05) is 59.1 Å². The van der Waals surface area contributed by atoms with Crippen molar-refractivity contribution in [2.45, 2.75) is 38.1 Å². The third-order valence-corrected chi connectivity index (χ3v) is 6.89. The fourth-order valence-corrected chi connectivity index (χ4v) is 4.64. The van der Waals surface area contributed by atoms with E-state index in [9.17, 15) is 18.4 Å². The van der Waals surface area contributed by atoms with E-state index >= 15 is 0 Å². The van der Waals surface area contributed by atoms with Gasteiger partial charge in [0.1, 0.15) is 24.2 Å². The van der Waals surface area contributed by atoms with Crippen molar-refractivity contribution in [3.63, 3.8) is 0 Å². The molecule has 5 rings (SSSR count). The fraction of sp³-hybridized carbons (Fsp3) is 0.333. The maximum absolute atomic E-state index is 13.1. The molecule has 2 aliphatic rings. The Kier molecular flexibility index (Phi) is 7.03. The number of piperidine rings is 1. The van der Waals surface area contributed by atoms with Crippen LogP contribution in [0.3, 0.4) is 0 Å². The zero-order valence-corrected chi connectivity index (χ0v) is 21.1. The number of alkyl halides is 2. The molecule has 1 aromatic carbocycles.